The Labute approximate surface area is 110 Å². The fourth-order valence-corrected chi connectivity index (χ4v) is 1.98. The molecule has 0 aliphatic heterocycles. The van der Waals surface area contributed by atoms with E-state index in [0.29, 0.717) is 11.7 Å². The topological polar surface area (TPSA) is 54.4 Å². The first-order valence-electron chi connectivity index (χ1n) is 5.79. The highest BCUT2D eigenvalue weighted by Gasteiger charge is 2.05. The fraction of sp³-hybridized carbons (Fsp3) is 0.308. The summed E-state index contributed by atoms with van der Waals surface area (Å²) < 4.78 is 5.33. The second kappa shape index (κ2) is 7.10. The van der Waals surface area contributed by atoms with Crippen molar-refractivity contribution in [3.05, 3.63) is 47.5 Å². The Bertz CT molecular complexity index is 434. The lowest BCUT2D eigenvalue weighted by Gasteiger charge is -2.11. The van der Waals surface area contributed by atoms with Crippen molar-refractivity contribution in [3.63, 3.8) is 0 Å². The van der Waals surface area contributed by atoms with E-state index in [1.54, 1.807) is 6.20 Å². The molecule has 1 aromatic carbocycles. The quantitative estimate of drug-likeness (QED) is 0.799. The van der Waals surface area contributed by atoms with E-state index >= 15 is 0 Å². The Morgan fingerprint density at radius 1 is 1.33 bits per heavy atom. The van der Waals surface area contributed by atoms with Crippen LogP contribution in [0.15, 0.2) is 41.9 Å². The molecule has 0 aliphatic rings. The molecular formula is C13H16N2O2S. The standard InChI is InChI=1S/C13H16N2O2S/c16-12(10-17-13-15-6-7-18-13)9-14-8-11-4-2-1-3-5-11/h1-7,12,14,16H,8-10H2. The highest BCUT2D eigenvalue weighted by Crippen LogP contribution is 2.13. The fourth-order valence-electron chi connectivity index (χ4n) is 1.49. The molecule has 2 aromatic rings. The number of nitrogens with zero attached hydrogens (tertiary/aromatic N) is 1. The number of aliphatic hydroxyl groups is 1. The van der Waals surface area contributed by atoms with Gasteiger partial charge in [0.1, 0.15) is 12.7 Å². The summed E-state index contributed by atoms with van der Waals surface area (Å²) >= 11 is 1.42. The summed E-state index contributed by atoms with van der Waals surface area (Å²) in [5, 5.41) is 15.3. The average molecular weight is 264 g/mol. The van der Waals surface area contributed by atoms with Gasteiger partial charge in [-0.2, -0.15) is 0 Å². The number of nitrogens with one attached hydrogen (secondary N) is 1. The van der Waals surface area contributed by atoms with Crippen LogP contribution in [0.3, 0.4) is 0 Å². The SMILES string of the molecule is OC(CNCc1ccccc1)COc1nccs1. The molecule has 0 saturated carbocycles. The van der Waals surface area contributed by atoms with Crippen LogP contribution in [0.5, 0.6) is 5.19 Å². The molecule has 1 unspecified atom stereocenters. The second-order valence-electron chi connectivity index (χ2n) is 3.88. The maximum atomic E-state index is 9.72. The van der Waals surface area contributed by atoms with Crippen molar-refractivity contribution in [3.8, 4) is 5.19 Å². The van der Waals surface area contributed by atoms with Gasteiger partial charge in [0.05, 0.1) is 0 Å². The number of benzene rings is 1. The monoisotopic (exact) mass is 264 g/mol. The van der Waals surface area contributed by atoms with Gasteiger partial charge < -0.3 is 15.2 Å². The number of rotatable bonds is 7. The average Bonchev–Trinajstić information content (AvgIpc) is 2.91. The number of aromatic nitrogens is 1. The molecule has 0 radical (unpaired) electrons. The minimum Gasteiger partial charge on any atom is -0.467 e. The predicted molar refractivity (Wildman–Crippen MR) is 71.8 cm³/mol. The molecule has 0 amide bonds. The van der Waals surface area contributed by atoms with E-state index in [9.17, 15) is 5.11 Å². The Kier molecular flexibility index (Phi) is 5.14. The highest BCUT2D eigenvalue weighted by molar-refractivity contribution is 7.11. The number of hydrogen-bond donors (Lipinski definition) is 2. The van der Waals surface area contributed by atoms with Crippen molar-refractivity contribution >= 4 is 11.3 Å². The van der Waals surface area contributed by atoms with Gasteiger partial charge in [-0.25, -0.2) is 4.98 Å². The molecular weight excluding hydrogens is 248 g/mol. The minimum absolute atomic E-state index is 0.259. The molecule has 1 aromatic heterocycles. The van der Waals surface area contributed by atoms with Crippen LogP contribution in [-0.2, 0) is 6.54 Å². The molecule has 1 heterocycles. The first kappa shape index (κ1) is 13.0. The largest absolute Gasteiger partial charge is 0.467 e. The van der Waals surface area contributed by atoms with Crippen molar-refractivity contribution < 1.29 is 9.84 Å². The van der Waals surface area contributed by atoms with Crippen LogP contribution in [0.4, 0.5) is 0 Å². The number of thiazole rings is 1. The summed E-state index contributed by atoms with van der Waals surface area (Å²) in [7, 11) is 0. The van der Waals surface area contributed by atoms with E-state index in [2.05, 4.69) is 10.3 Å². The van der Waals surface area contributed by atoms with Gasteiger partial charge in [0.2, 0.25) is 0 Å². The summed E-state index contributed by atoms with van der Waals surface area (Å²) in [6, 6.07) is 10.1. The molecule has 2 N–H and O–H groups in total. The second-order valence-corrected chi connectivity index (χ2v) is 4.74. The maximum Gasteiger partial charge on any atom is 0.273 e. The van der Waals surface area contributed by atoms with Crippen LogP contribution in [0.25, 0.3) is 0 Å². The zero-order chi connectivity index (χ0) is 12.6. The molecule has 0 saturated heterocycles. The number of hydrogen-bond acceptors (Lipinski definition) is 5. The lowest BCUT2D eigenvalue weighted by atomic mass is 10.2. The van der Waals surface area contributed by atoms with Crippen molar-refractivity contribution in [2.75, 3.05) is 13.2 Å². The van der Waals surface area contributed by atoms with Gasteiger partial charge in [-0.05, 0) is 5.56 Å². The van der Waals surface area contributed by atoms with Gasteiger partial charge in [0.25, 0.3) is 5.19 Å². The summed E-state index contributed by atoms with van der Waals surface area (Å²) in [6.45, 7) is 1.50. The summed E-state index contributed by atoms with van der Waals surface area (Å²) in [5.41, 5.74) is 1.20. The predicted octanol–water partition coefficient (Wildman–Crippen LogP) is 1.67. The van der Waals surface area contributed by atoms with Crippen LogP contribution in [-0.4, -0.2) is 29.3 Å². The number of aliphatic hydroxyl groups excluding tert-OH is 1. The van der Waals surface area contributed by atoms with Crippen molar-refractivity contribution in [2.24, 2.45) is 0 Å². The summed E-state index contributed by atoms with van der Waals surface area (Å²) in [4.78, 5) is 3.98. The van der Waals surface area contributed by atoms with E-state index < -0.39 is 6.10 Å². The lowest BCUT2D eigenvalue weighted by Crippen LogP contribution is -2.31. The molecule has 0 spiro atoms. The van der Waals surface area contributed by atoms with E-state index in [1.165, 1.54) is 16.9 Å². The highest BCUT2D eigenvalue weighted by atomic mass is 32.1. The van der Waals surface area contributed by atoms with Crippen LogP contribution < -0.4 is 10.1 Å². The molecule has 4 nitrogen and oxygen atoms in total. The third kappa shape index (κ3) is 4.44. The Balaban J connectivity index is 1.61. The minimum atomic E-state index is -0.530. The van der Waals surface area contributed by atoms with Gasteiger partial charge in [-0.3, -0.25) is 0 Å². The van der Waals surface area contributed by atoms with Crippen LogP contribution in [0, 0.1) is 0 Å². The van der Waals surface area contributed by atoms with Gasteiger partial charge in [-0.15, -0.1) is 0 Å². The Morgan fingerprint density at radius 2 is 2.17 bits per heavy atom. The third-order valence-electron chi connectivity index (χ3n) is 2.36. The van der Waals surface area contributed by atoms with Gasteiger partial charge >= 0.3 is 0 Å². The third-order valence-corrected chi connectivity index (χ3v) is 3.04. The van der Waals surface area contributed by atoms with Crippen LogP contribution in [0.1, 0.15) is 5.56 Å². The van der Waals surface area contributed by atoms with Gasteiger partial charge in [0, 0.05) is 24.7 Å². The molecule has 0 fully saturated rings. The molecule has 96 valence electrons. The first-order valence-corrected chi connectivity index (χ1v) is 6.67. The zero-order valence-corrected chi connectivity index (χ0v) is 10.8. The van der Waals surface area contributed by atoms with E-state index in [1.807, 2.05) is 35.7 Å². The van der Waals surface area contributed by atoms with Crippen molar-refractivity contribution in [2.45, 2.75) is 12.6 Å². The maximum absolute atomic E-state index is 9.72. The number of ether oxygens (including phenoxy) is 1. The Hall–Kier alpha value is -1.43. The summed E-state index contributed by atoms with van der Waals surface area (Å²) in [5.74, 6) is 0. The first-order chi connectivity index (χ1) is 8.84. The summed E-state index contributed by atoms with van der Waals surface area (Å²) in [6.07, 6.45) is 1.15. The molecule has 1 atom stereocenters. The van der Waals surface area contributed by atoms with Gasteiger partial charge in [0.15, 0.2) is 0 Å². The van der Waals surface area contributed by atoms with Crippen molar-refractivity contribution in [1.82, 2.24) is 10.3 Å². The lowest BCUT2D eigenvalue weighted by molar-refractivity contribution is 0.106. The molecule has 2 rings (SSSR count). The van der Waals surface area contributed by atoms with Gasteiger partial charge in [-0.1, -0.05) is 41.7 Å². The molecule has 5 heteroatoms. The molecule has 0 aliphatic carbocycles. The van der Waals surface area contributed by atoms with E-state index in [-0.39, 0.29) is 6.61 Å². The Morgan fingerprint density at radius 3 is 2.89 bits per heavy atom. The molecule has 18 heavy (non-hydrogen) atoms. The van der Waals surface area contributed by atoms with E-state index in [0.717, 1.165) is 6.54 Å². The van der Waals surface area contributed by atoms with Crippen molar-refractivity contribution in [1.29, 1.82) is 0 Å². The normalized spacial score (nSPS) is 12.3. The van der Waals surface area contributed by atoms with Crippen LogP contribution >= 0.6 is 11.3 Å². The zero-order valence-electron chi connectivity index (χ0n) is 9.95. The molecule has 0 bridgehead atoms. The van der Waals surface area contributed by atoms with E-state index in [4.69, 9.17) is 4.74 Å². The smallest absolute Gasteiger partial charge is 0.273 e. The van der Waals surface area contributed by atoms with Crippen LogP contribution in [0.2, 0.25) is 0 Å².